The molecule has 1 aliphatic rings. The number of rotatable bonds is 6. The van der Waals surface area contributed by atoms with Gasteiger partial charge in [0.2, 0.25) is 5.91 Å². The highest BCUT2D eigenvalue weighted by Crippen LogP contribution is 2.27. The van der Waals surface area contributed by atoms with Crippen molar-refractivity contribution in [1.82, 2.24) is 5.32 Å². The van der Waals surface area contributed by atoms with E-state index in [1.54, 1.807) is 0 Å². The summed E-state index contributed by atoms with van der Waals surface area (Å²) in [7, 11) is 0. The van der Waals surface area contributed by atoms with Gasteiger partial charge < -0.3 is 10.4 Å². The maximum atomic E-state index is 11.9. The van der Waals surface area contributed by atoms with Crippen LogP contribution in [0, 0.1) is 5.92 Å². The maximum Gasteiger partial charge on any atom is 0.220 e. The number of hydrogen-bond donors (Lipinski definition) is 2. The lowest BCUT2D eigenvalue weighted by molar-refractivity contribution is -0.123. The van der Waals surface area contributed by atoms with Crippen molar-refractivity contribution in [1.29, 1.82) is 0 Å². The van der Waals surface area contributed by atoms with Crippen molar-refractivity contribution in [2.45, 2.75) is 44.6 Å². The molecule has 3 heteroatoms. The minimum absolute atomic E-state index is 0.00863. The summed E-state index contributed by atoms with van der Waals surface area (Å²) in [6.07, 6.45) is 6.17. The van der Waals surface area contributed by atoms with E-state index in [1.165, 1.54) is 25.7 Å². The van der Waals surface area contributed by atoms with Crippen molar-refractivity contribution in [2.75, 3.05) is 6.61 Å². The molecule has 0 heterocycles. The van der Waals surface area contributed by atoms with Crippen LogP contribution in [0.15, 0.2) is 30.3 Å². The van der Waals surface area contributed by atoms with Crippen molar-refractivity contribution in [3.05, 3.63) is 35.9 Å². The Labute approximate surface area is 115 Å². The van der Waals surface area contributed by atoms with Crippen LogP contribution in [0.25, 0.3) is 0 Å². The quantitative estimate of drug-likeness (QED) is 0.825. The number of benzene rings is 1. The molecule has 2 N–H and O–H groups in total. The number of nitrogens with one attached hydrogen (secondary N) is 1. The second kappa shape index (κ2) is 7.29. The fourth-order valence-electron chi connectivity index (χ4n) is 2.82. The molecule has 1 atom stereocenters. The Kier molecular flexibility index (Phi) is 5.40. The number of carbonyl (C=O) groups excluding carboxylic acids is 1. The molecular formula is C16H23NO2. The van der Waals surface area contributed by atoms with E-state index in [0.29, 0.717) is 18.8 Å². The minimum atomic E-state index is -0.170. The smallest absolute Gasteiger partial charge is 0.220 e. The standard InChI is InChI=1S/C16H23NO2/c18-12-15(10-13-6-2-1-3-7-13)17-16(19)11-14-8-4-5-9-14/h1-3,6-7,14-15,18H,4-5,8-12H2,(H,17,19). The van der Waals surface area contributed by atoms with Crippen molar-refractivity contribution < 1.29 is 9.90 Å². The van der Waals surface area contributed by atoms with E-state index in [4.69, 9.17) is 0 Å². The number of aliphatic hydroxyl groups is 1. The molecule has 1 fully saturated rings. The van der Waals surface area contributed by atoms with E-state index in [-0.39, 0.29) is 18.6 Å². The molecule has 19 heavy (non-hydrogen) atoms. The third kappa shape index (κ3) is 4.67. The second-order valence-electron chi connectivity index (χ2n) is 5.49. The Balaban J connectivity index is 1.79. The highest BCUT2D eigenvalue weighted by Gasteiger charge is 2.20. The average Bonchev–Trinajstić information content (AvgIpc) is 2.92. The molecule has 3 nitrogen and oxygen atoms in total. The first kappa shape index (κ1) is 14.1. The Morgan fingerprint density at radius 2 is 1.95 bits per heavy atom. The molecule has 0 bridgehead atoms. The fourth-order valence-corrected chi connectivity index (χ4v) is 2.82. The zero-order valence-electron chi connectivity index (χ0n) is 11.3. The van der Waals surface area contributed by atoms with Crippen LogP contribution in [0.4, 0.5) is 0 Å². The summed E-state index contributed by atoms with van der Waals surface area (Å²) >= 11 is 0. The van der Waals surface area contributed by atoms with Crippen LogP contribution < -0.4 is 5.32 Å². The lowest BCUT2D eigenvalue weighted by atomic mass is 10.0. The van der Waals surface area contributed by atoms with E-state index < -0.39 is 0 Å². The molecular weight excluding hydrogens is 238 g/mol. The summed E-state index contributed by atoms with van der Waals surface area (Å²) in [5, 5.41) is 12.3. The van der Waals surface area contributed by atoms with Crippen LogP contribution in [0.5, 0.6) is 0 Å². The zero-order chi connectivity index (χ0) is 13.5. The lowest BCUT2D eigenvalue weighted by Crippen LogP contribution is -2.39. The van der Waals surface area contributed by atoms with E-state index >= 15 is 0 Å². The van der Waals surface area contributed by atoms with Crippen LogP contribution in [0.1, 0.15) is 37.7 Å². The van der Waals surface area contributed by atoms with Crippen LogP contribution in [0.2, 0.25) is 0 Å². The van der Waals surface area contributed by atoms with Gasteiger partial charge in [0.25, 0.3) is 0 Å². The second-order valence-corrected chi connectivity index (χ2v) is 5.49. The first-order valence-electron chi connectivity index (χ1n) is 7.22. The molecule has 1 unspecified atom stereocenters. The summed E-state index contributed by atoms with van der Waals surface area (Å²) in [6, 6.07) is 9.79. The van der Waals surface area contributed by atoms with Crippen LogP contribution in [-0.4, -0.2) is 23.7 Å². The molecule has 2 rings (SSSR count). The first-order chi connectivity index (χ1) is 9.28. The molecule has 0 spiro atoms. The monoisotopic (exact) mass is 261 g/mol. The number of amides is 1. The molecule has 1 saturated carbocycles. The van der Waals surface area contributed by atoms with Gasteiger partial charge in [0.1, 0.15) is 0 Å². The predicted octanol–water partition coefficient (Wildman–Crippen LogP) is 2.29. The third-order valence-electron chi connectivity index (χ3n) is 3.86. The number of hydrogen-bond acceptors (Lipinski definition) is 2. The molecule has 0 aliphatic heterocycles. The topological polar surface area (TPSA) is 49.3 Å². The van der Waals surface area contributed by atoms with Crippen molar-refractivity contribution in [2.24, 2.45) is 5.92 Å². The van der Waals surface area contributed by atoms with Gasteiger partial charge in [-0.15, -0.1) is 0 Å². The number of carbonyl (C=O) groups is 1. The summed E-state index contributed by atoms with van der Waals surface area (Å²) in [6.45, 7) is -0.00863. The summed E-state index contributed by atoms with van der Waals surface area (Å²) < 4.78 is 0. The first-order valence-corrected chi connectivity index (χ1v) is 7.22. The Hall–Kier alpha value is -1.35. The van der Waals surface area contributed by atoms with Gasteiger partial charge in [0.05, 0.1) is 12.6 Å². The van der Waals surface area contributed by atoms with E-state index in [9.17, 15) is 9.90 Å². The predicted molar refractivity (Wildman–Crippen MR) is 75.7 cm³/mol. The van der Waals surface area contributed by atoms with Crippen molar-refractivity contribution in [3.63, 3.8) is 0 Å². The zero-order valence-corrected chi connectivity index (χ0v) is 11.3. The van der Waals surface area contributed by atoms with Gasteiger partial charge in [-0.25, -0.2) is 0 Å². The van der Waals surface area contributed by atoms with Crippen LogP contribution >= 0.6 is 0 Å². The van der Waals surface area contributed by atoms with Crippen LogP contribution in [-0.2, 0) is 11.2 Å². The molecule has 1 aromatic rings. The molecule has 1 aliphatic carbocycles. The van der Waals surface area contributed by atoms with Crippen molar-refractivity contribution >= 4 is 5.91 Å². The molecule has 0 saturated heterocycles. The van der Waals surface area contributed by atoms with Crippen molar-refractivity contribution in [3.8, 4) is 0 Å². The van der Waals surface area contributed by atoms with Gasteiger partial charge in [-0.3, -0.25) is 4.79 Å². The molecule has 1 amide bonds. The minimum Gasteiger partial charge on any atom is -0.394 e. The van der Waals surface area contributed by atoms with Gasteiger partial charge >= 0.3 is 0 Å². The SMILES string of the molecule is O=C(CC1CCCC1)NC(CO)Cc1ccccc1. The fraction of sp³-hybridized carbons (Fsp3) is 0.562. The van der Waals surface area contributed by atoms with Gasteiger partial charge in [-0.05, 0) is 30.7 Å². The van der Waals surface area contributed by atoms with Crippen LogP contribution in [0.3, 0.4) is 0 Å². The van der Waals surface area contributed by atoms with Gasteiger partial charge in [-0.1, -0.05) is 43.2 Å². The largest absolute Gasteiger partial charge is 0.394 e. The van der Waals surface area contributed by atoms with E-state index in [2.05, 4.69) is 5.32 Å². The Morgan fingerprint density at radius 3 is 2.58 bits per heavy atom. The van der Waals surface area contributed by atoms with E-state index in [1.807, 2.05) is 30.3 Å². The molecule has 1 aromatic carbocycles. The highest BCUT2D eigenvalue weighted by atomic mass is 16.3. The van der Waals surface area contributed by atoms with Gasteiger partial charge in [-0.2, -0.15) is 0 Å². The third-order valence-corrected chi connectivity index (χ3v) is 3.86. The van der Waals surface area contributed by atoms with Gasteiger partial charge in [0.15, 0.2) is 0 Å². The Bertz CT molecular complexity index is 385. The maximum absolute atomic E-state index is 11.9. The Morgan fingerprint density at radius 1 is 1.26 bits per heavy atom. The molecule has 0 radical (unpaired) electrons. The normalized spacial score (nSPS) is 17.3. The molecule has 104 valence electrons. The van der Waals surface area contributed by atoms with Gasteiger partial charge in [0, 0.05) is 6.42 Å². The summed E-state index contributed by atoms with van der Waals surface area (Å²) in [5.41, 5.74) is 1.14. The summed E-state index contributed by atoms with van der Waals surface area (Å²) in [5.74, 6) is 0.637. The lowest BCUT2D eigenvalue weighted by Gasteiger charge is -2.18. The molecule has 0 aromatic heterocycles. The number of aliphatic hydroxyl groups excluding tert-OH is 1. The summed E-state index contributed by atoms with van der Waals surface area (Å²) in [4.78, 5) is 11.9. The highest BCUT2D eigenvalue weighted by molar-refractivity contribution is 5.76. The average molecular weight is 261 g/mol. The van der Waals surface area contributed by atoms with E-state index in [0.717, 1.165) is 5.56 Å².